The van der Waals surface area contributed by atoms with Gasteiger partial charge in [-0.1, -0.05) is 49.8 Å². The van der Waals surface area contributed by atoms with Crippen molar-refractivity contribution in [1.29, 1.82) is 0 Å². The van der Waals surface area contributed by atoms with Crippen molar-refractivity contribution in [1.82, 2.24) is 0 Å². The van der Waals surface area contributed by atoms with Gasteiger partial charge in [-0.3, -0.25) is 0 Å². The first-order chi connectivity index (χ1) is 8.41. The molecule has 0 radical (unpaired) electrons. The minimum absolute atomic E-state index is 0.722. The van der Waals surface area contributed by atoms with Gasteiger partial charge in [-0.05, 0) is 38.5 Å². The molecule has 1 heteroatoms. The van der Waals surface area contributed by atoms with Gasteiger partial charge >= 0.3 is 0 Å². The number of rotatable bonds is 11. The van der Waals surface area contributed by atoms with Crippen LogP contribution in [0.4, 0.5) is 0 Å². The van der Waals surface area contributed by atoms with Crippen LogP contribution in [0.5, 0.6) is 0 Å². The third-order valence-electron chi connectivity index (χ3n) is 2.48. The van der Waals surface area contributed by atoms with Crippen LogP contribution in [0.25, 0.3) is 0 Å². The van der Waals surface area contributed by atoms with Crippen LogP contribution in [0, 0.1) is 0 Å². The highest BCUT2D eigenvalue weighted by Crippen LogP contribution is 2.03. The first-order valence-electron chi connectivity index (χ1n) is 6.82. The number of hydrogen-bond donors (Lipinski definition) is 0. The molecule has 1 nitrogen and oxygen atoms in total. The lowest BCUT2D eigenvalue weighted by Crippen LogP contribution is -1.77. The number of aldehydes is 1. The molecule has 0 bridgehead atoms. The van der Waals surface area contributed by atoms with E-state index in [9.17, 15) is 4.79 Å². The first kappa shape index (κ1) is 15.9. The Labute approximate surface area is 106 Å². The third kappa shape index (κ3) is 14.9. The maximum Gasteiger partial charge on any atom is 0.119 e. The molecule has 0 heterocycles. The molecule has 0 aliphatic heterocycles. The Morgan fingerprint density at radius 2 is 1.35 bits per heavy atom. The van der Waals surface area contributed by atoms with Gasteiger partial charge in [0.25, 0.3) is 0 Å². The lowest BCUT2D eigenvalue weighted by atomic mass is 10.1. The van der Waals surface area contributed by atoms with Crippen molar-refractivity contribution < 1.29 is 4.79 Å². The van der Waals surface area contributed by atoms with Gasteiger partial charge in [0, 0.05) is 6.42 Å². The third-order valence-corrected chi connectivity index (χ3v) is 2.48. The fraction of sp³-hybridized carbons (Fsp3) is 0.562. The van der Waals surface area contributed by atoms with Crippen LogP contribution in [0.1, 0.15) is 58.3 Å². The van der Waals surface area contributed by atoms with Gasteiger partial charge in [0.2, 0.25) is 0 Å². The largest absolute Gasteiger partial charge is 0.303 e. The van der Waals surface area contributed by atoms with Crippen molar-refractivity contribution >= 4 is 6.29 Å². The Kier molecular flexibility index (Phi) is 13.9. The summed E-state index contributed by atoms with van der Waals surface area (Å²) >= 11 is 0. The first-order valence-corrected chi connectivity index (χ1v) is 6.82. The molecule has 0 rings (SSSR count). The summed E-state index contributed by atoms with van der Waals surface area (Å²) in [5, 5.41) is 0. The minimum Gasteiger partial charge on any atom is -0.303 e. The van der Waals surface area contributed by atoms with E-state index in [4.69, 9.17) is 0 Å². The normalized spacial score (nSPS) is 12.1. The Bertz CT molecular complexity index is 236. The fourth-order valence-corrected chi connectivity index (χ4v) is 1.48. The van der Waals surface area contributed by atoms with E-state index in [1.165, 1.54) is 12.8 Å². The Morgan fingerprint density at radius 3 is 2.12 bits per heavy atom. The van der Waals surface area contributed by atoms with Crippen LogP contribution in [0.3, 0.4) is 0 Å². The molecule has 0 aromatic rings. The summed E-state index contributed by atoms with van der Waals surface area (Å²) in [6, 6.07) is 0. The average molecular weight is 234 g/mol. The molecular formula is C16H26O. The lowest BCUT2D eigenvalue weighted by Gasteiger charge is -1.93. The highest BCUT2D eigenvalue weighted by atomic mass is 16.1. The second-order valence-corrected chi connectivity index (χ2v) is 4.12. The van der Waals surface area contributed by atoms with Gasteiger partial charge in [0.15, 0.2) is 0 Å². The minimum atomic E-state index is 0.722. The van der Waals surface area contributed by atoms with Crippen LogP contribution in [0.15, 0.2) is 36.5 Å². The second-order valence-electron chi connectivity index (χ2n) is 4.12. The molecule has 0 aromatic carbocycles. The Balaban J connectivity index is 3.22. The summed E-state index contributed by atoms with van der Waals surface area (Å²) in [7, 11) is 0. The number of allylic oxidation sites excluding steroid dienone is 6. The van der Waals surface area contributed by atoms with Crippen molar-refractivity contribution in [3.8, 4) is 0 Å². The predicted molar refractivity (Wildman–Crippen MR) is 76.1 cm³/mol. The number of hydrogen-bond acceptors (Lipinski definition) is 1. The summed E-state index contributed by atoms with van der Waals surface area (Å²) in [5.74, 6) is 0. The number of carbonyl (C=O) groups excluding carboxylic acids is 1. The average Bonchev–Trinajstić information content (AvgIpc) is 2.35. The van der Waals surface area contributed by atoms with Crippen molar-refractivity contribution in [3.63, 3.8) is 0 Å². The molecule has 0 fully saturated rings. The van der Waals surface area contributed by atoms with Gasteiger partial charge in [0.05, 0.1) is 0 Å². The van der Waals surface area contributed by atoms with E-state index in [2.05, 4.69) is 43.4 Å². The highest BCUT2D eigenvalue weighted by molar-refractivity contribution is 5.48. The Hall–Kier alpha value is -1.11. The molecule has 0 spiro atoms. The molecule has 0 N–H and O–H groups in total. The molecule has 0 unspecified atom stereocenters. The molecule has 0 aliphatic rings. The van der Waals surface area contributed by atoms with Crippen LogP contribution in [0.2, 0.25) is 0 Å². The smallest absolute Gasteiger partial charge is 0.119 e. The van der Waals surface area contributed by atoms with Crippen LogP contribution in [-0.2, 0) is 4.79 Å². The van der Waals surface area contributed by atoms with Gasteiger partial charge < -0.3 is 4.79 Å². The van der Waals surface area contributed by atoms with E-state index in [1.807, 2.05) is 0 Å². The van der Waals surface area contributed by atoms with E-state index in [-0.39, 0.29) is 0 Å². The molecule has 0 aromatic heterocycles. The maximum absolute atomic E-state index is 10.1. The molecular weight excluding hydrogens is 208 g/mol. The van der Waals surface area contributed by atoms with Crippen molar-refractivity contribution in [2.45, 2.75) is 58.3 Å². The number of carbonyl (C=O) groups is 1. The fourth-order valence-electron chi connectivity index (χ4n) is 1.48. The van der Waals surface area contributed by atoms with E-state index < -0.39 is 0 Å². The SMILES string of the molecule is CCC=CC=CCCC=CCCCCCC=O. The maximum atomic E-state index is 10.1. The molecule has 17 heavy (non-hydrogen) atoms. The summed E-state index contributed by atoms with van der Waals surface area (Å²) in [6.07, 6.45) is 22.8. The number of unbranched alkanes of at least 4 members (excludes halogenated alkanes) is 5. The summed E-state index contributed by atoms with van der Waals surface area (Å²) in [6.45, 7) is 2.14. The van der Waals surface area contributed by atoms with Crippen molar-refractivity contribution in [2.24, 2.45) is 0 Å². The molecule has 96 valence electrons. The van der Waals surface area contributed by atoms with Crippen LogP contribution >= 0.6 is 0 Å². The van der Waals surface area contributed by atoms with E-state index >= 15 is 0 Å². The molecule has 0 saturated carbocycles. The zero-order valence-corrected chi connectivity index (χ0v) is 11.1. The van der Waals surface area contributed by atoms with Gasteiger partial charge in [-0.25, -0.2) is 0 Å². The monoisotopic (exact) mass is 234 g/mol. The van der Waals surface area contributed by atoms with Crippen LogP contribution < -0.4 is 0 Å². The predicted octanol–water partition coefficient (Wildman–Crippen LogP) is 4.99. The Morgan fingerprint density at radius 1 is 0.706 bits per heavy atom. The van der Waals surface area contributed by atoms with Crippen molar-refractivity contribution in [2.75, 3.05) is 0 Å². The van der Waals surface area contributed by atoms with Gasteiger partial charge in [0.1, 0.15) is 6.29 Å². The summed E-state index contributed by atoms with van der Waals surface area (Å²) < 4.78 is 0. The van der Waals surface area contributed by atoms with Gasteiger partial charge in [-0.2, -0.15) is 0 Å². The highest BCUT2D eigenvalue weighted by Gasteiger charge is 1.86. The van der Waals surface area contributed by atoms with E-state index in [0.29, 0.717) is 0 Å². The second kappa shape index (κ2) is 14.9. The molecule has 0 atom stereocenters. The standard InChI is InChI=1S/C16H26O/c1-2-3-4-5-6-7-8-9-10-11-12-13-14-15-16-17/h3-6,9-10,16H,2,7-8,11-15H2,1H3. The van der Waals surface area contributed by atoms with E-state index in [0.717, 1.165) is 44.8 Å². The zero-order valence-electron chi connectivity index (χ0n) is 11.1. The summed E-state index contributed by atoms with van der Waals surface area (Å²) in [5.41, 5.74) is 0. The lowest BCUT2D eigenvalue weighted by molar-refractivity contribution is -0.107. The molecule has 0 saturated heterocycles. The van der Waals surface area contributed by atoms with Crippen molar-refractivity contribution in [3.05, 3.63) is 36.5 Å². The van der Waals surface area contributed by atoms with E-state index in [1.54, 1.807) is 0 Å². The topological polar surface area (TPSA) is 17.1 Å². The quantitative estimate of drug-likeness (QED) is 0.213. The summed E-state index contributed by atoms with van der Waals surface area (Å²) in [4.78, 5) is 10.1. The zero-order chi connectivity index (χ0) is 12.6. The molecule has 0 aliphatic carbocycles. The molecule has 0 amide bonds. The van der Waals surface area contributed by atoms with Gasteiger partial charge in [-0.15, -0.1) is 0 Å². The van der Waals surface area contributed by atoms with Crippen LogP contribution in [-0.4, -0.2) is 6.29 Å².